The summed E-state index contributed by atoms with van der Waals surface area (Å²) in [4.78, 5) is 21.3. The second kappa shape index (κ2) is 9.60. The molecular formula is C25H22ClN5O. The average Bonchev–Trinajstić information content (AvgIpc) is 3.37. The molecule has 3 aromatic rings. The van der Waals surface area contributed by atoms with Crippen LogP contribution in [-0.4, -0.2) is 33.1 Å². The van der Waals surface area contributed by atoms with Gasteiger partial charge in [-0.05, 0) is 42.8 Å². The third-order valence-corrected chi connectivity index (χ3v) is 5.75. The predicted octanol–water partition coefficient (Wildman–Crippen LogP) is 4.68. The molecule has 32 heavy (non-hydrogen) atoms. The van der Waals surface area contributed by atoms with Crippen molar-refractivity contribution in [1.82, 2.24) is 14.5 Å². The Bertz CT molecular complexity index is 1220. The Labute approximate surface area is 192 Å². The maximum absolute atomic E-state index is 13.4. The van der Waals surface area contributed by atoms with Gasteiger partial charge in [-0.2, -0.15) is 5.26 Å². The van der Waals surface area contributed by atoms with Crippen molar-refractivity contribution in [2.75, 3.05) is 11.4 Å². The number of amides is 2. The summed E-state index contributed by atoms with van der Waals surface area (Å²) in [5.41, 5.74) is 3.41. The lowest BCUT2D eigenvalue weighted by Crippen LogP contribution is -2.35. The molecule has 0 spiro atoms. The molecule has 160 valence electrons. The number of hydrogen-bond acceptors (Lipinski definition) is 3. The minimum Gasteiger partial charge on any atom is -0.329 e. The van der Waals surface area contributed by atoms with Crippen LogP contribution in [0.3, 0.4) is 0 Å². The van der Waals surface area contributed by atoms with E-state index >= 15 is 0 Å². The van der Waals surface area contributed by atoms with Crippen LogP contribution in [0.15, 0.2) is 61.1 Å². The summed E-state index contributed by atoms with van der Waals surface area (Å²) in [5, 5.41) is 9.59. The van der Waals surface area contributed by atoms with Gasteiger partial charge in [0.1, 0.15) is 0 Å². The fourth-order valence-electron chi connectivity index (χ4n) is 3.83. The van der Waals surface area contributed by atoms with Gasteiger partial charge in [0.2, 0.25) is 0 Å². The predicted molar refractivity (Wildman–Crippen MR) is 124 cm³/mol. The van der Waals surface area contributed by atoms with Gasteiger partial charge in [0.15, 0.2) is 0 Å². The number of carbonyl (C=O) groups excluding carboxylic acids is 1. The Morgan fingerprint density at radius 3 is 2.72 bits per heavy atom. The Morgan fingerprint density at radius 1 is 1.19 bits per heavy atom. The van der Waals surface area contributed by atoms with Crippen LogP contribution in [0.25, 0.3) is 0 Å². The number of aromatic nitrogens is 2. The number of nitriles is 1. The first-order valence-corrected chi connectivity index (χ1v) is 10.7. The maximum atomic E-state index is 13.4. The number of anilines is 1. The highest BCUT2D eigenvalue weighted by Gasteiger charge is 2.38. The highest BCUT2D eigenvalue weighted by Crippen LogP contribution is 2.28. The van der Waals surface area contributed by atoms with Gasteiger partial charge in [-0.15, -0.1) is 11.8 Å². The molecule has 1 aromatic heterocycles. The average molecular weight is 444 g/mol. The number of nitrogens with zero attached hydrogens (tertiary/aromatic N) is 5. The first-order chi connectivity index (χ1) is 15.6. The SMILES string of the molecule is CC#CCC1CN(c2cccc(Cl)c2)C(=O)N1Cc1cncn1Cc1ccc(C#N)cc1. The zero-order chi connectivity index (χ0) is 22.5. The Hall–Kier alpha value is -3.74. The van der Waals surface area contributed by atoms with Crippen molar-refractivity contribution in [2.24, 2.45) is 0 Å². The summed E-state index contributed by atoms with van der Waals surface area (Å²) >= 11 is 6.16. The lowest BCUT2D eigenvalue weighted by Gasteiger charge is -2.22. The van der Waals surface area contributed by atoms with E-state index in [4.69, 9.17) is 16.9 Å². The Balaban J connectivity index is 1.56. The third kappa shape index (κ3) is 4.61. The van der Waals surface area contributed by atoms with Crippen LogP contribution in [0.5, 0.6) is 0 Å². The van der Waals surface area contributed by atoms with E-state index in [1.54, 1.807) is 41.7 Å². The largest absolute Gasteiger partial charge is 0.329 e. The van der Waals surface area contributed by atoms with Gasteiger partial charge in [0, 0.05) is 36.4 Å². The Kier molecular flexibility index (Phi) is 6.44. The van der Waals surface area contributed by atoms with Gasteiger partial charge in [-0.3, -0.25) is 4.90 Å². The van der Waals surface area contributed by atoms with Crippen molar-refractivity contribution in [2.45, 2.75) is 32.5 Å². The van der Waals surface area contributed by atoms with E-state index in [1.807, 2.05) is 40.7 Å². The lowest BCUT2D eigenvalue weighted by atomic mass is 10.1. The second-order valence-corrected chi connectivity index (χ2v) is 8.04. The number of carbonyl (C=O) groups is 1. The first-order valence-electron chi connectivity index (χ1n) is 10.3. The number of imidazole rings is 1. The summed E-state index contributed by atoms with van der Waals surface area (Å²) in [6.45, 7) is 3.41. The van der Waals surface area contributed by atoms with Crippen molar-refractivity contribution in [3.63, 3.8) is 0 Å². The molecule has 1 aliphatic heterocycles. The van der Waals surface area contributed by atoms with Gasteiger partial charge in [0.05, 0.1) is 36.2 Å². The summed E-state index contributed by atoms with van der Waals surface area (Å²) in [5.74, 6) is 6.06. The minimum atomic E-state index is -0.0682. The van der Waals surface area contributed by atoms with Crippen molar-refractivity contribution in [3.05, 3.63) is 82.9 Å². The molecule has 0 bridgehead atoms. The monoisotopic (exact) mass is 443 g/mol. The van der Waals surface area contributed by atoms with Crippen LogP contribution in [0.4, 0.5) is 10.5 Å². The zero-order valence-corrected chi connectivity index (χ0v) is 18.5. The van der Waals surface area contributed by atoms with E-state index in [9.17, 15) is 4.79 Å². The fourth-order valence-corrected chi connectivity index (χ4v) is 4.01. The zero-order valence-electron chi connectivity index (χ0n) is 17.7. The molecule has 0 aliphatic carbocycles. The molecule has 1 atom stereocenters. The Morgan fingerprint density at radius 2 is 2.00 bits per heavy atom. The molecule has 1 fully saturated rings. The fraction of sp³-hybridized carbons (Fsp3) is 0.240. The van der Waals surface area contributed by atoms with Gasteiger partial charge in [-0.1, -0.05) is 29.8 Å². The molecule has 7 heteroatoms. The van der Waals surface area contributed by atoms with E-state index in [2.05, 4.69) is 22.9 Å². The third-order valence-electron chi connectivity index (χ3n) is 5.51. The van der Waals surface area contributed by atoms with Crippen LogP contribution in [-0.2, 0) is 13.1 Å². The molecule has 4 rings (SSSR count). The molecule has 2 heterocycles. The van der Waals surface area contributed by atoms with Crippen LogP contribution in [0.2, 0.25) is 5.02 Å². The van der Waals surface area contributed by atoms with Crippen molar-refractivity contribution >= 4 is 23.3 Å². The molecule has 2 amide bonds. The normalized spacial score (nSPS) is 15.4. The molecule has 0 N–H and O–H groups in total. The van der Waals surface area contributed by atoms with Gasteiger partial charge in [-0.25, -0.2) is 9.78 Å². The summed E-state index contributed by atoms with van der Waals surface area (Å²) in [6, 6.07) is 16.9. The summed E-state index contributed by atoms with van der Waals surface area (Å²) < 4.78 is 2.03. The minimum absolute atomic E-state index is 0.0350. The molecule has 2 aromatic carbocycles. The highest BCUT2D eigenvalue weighted by atomic mass is 35.5. The molecule has 6 nitrogen and oxygen atoms in total. The molecule has 1 saturated heterocycles. The maximum Gasteiger partial charge on any atom is 0.325 e. The van der Waals surface area contributed by atoms with Crippen LogP contribution >= 0.6 is 11.6 Å². The second-order valence-electron chi connectivity index (χ2n) is 7.61. The summed E-state index contributed by atoms with van der Waals surface area (Å²) in [6.07, 6.45) is 4.16. The van der Waals surface area contributed by atoms with E-state index in [-0.39, 0.29) is 12.1 Å². The van der Waals surface area contributed by atoms with E-state index < -0.39 is 0 Å². The van der Waals surface area contributed by atoms with E-state index in [1.165, 1.54) is 0 Å². The number of rotatable bonds is 6. The smallest absolute Gasteiger partial charge is 0.325 e. The van der Waals surface area contributed by atoms with Crippen molar-refractivity contribution in [1.29, 1.82) is 5.26 Å². The van der Waals surface area contributed by atoms with Gasteiger partial charge >= 0.3 is 6.03 Å². The van der Waals surface area contributed by atoms with Crippen LogP contribution in [0.1, 0.15) is 30.2 Å². The molecule has 1 aliphatic rings. The van der Waals surface area contributed by atoms with E-state index in [0.29, 0.717) is 36.6 Å². The number of hydrogen-bond donors (Lipinski definition) is 0. The molecular weight excluding hydrogens is 422 g/mol. The van der Waals surface area contributed by atoms with Crippen molar-refractivity contribution < 1.29 is 4.79 Å². The number of halogens is 1. The standard InChI is InChI=1S/C25H22ClN5O/c1-2-3-6-23-16-30(22-7-4-5-21(26)12-22)25(32)31(23)17-24-14-28-18-29(24)15-20-10-8-19(13-27)9-11-20/h4-5,7-12,14,18,23H,6,15-17H2,1H3. The molecule has 0 saturated carbocycles. The molecule has 1 unspecified atom stereocenters. The molecule has 0 radical (unpaired) electrons. The van der Waals surface area contributed by atoms with Gasteiger partial charge in [0.25, 0.3) is 0 Å². The van der Waals surface area contributed by atoms with Crippen LogP contribution in [0, 0.1) is 23.2 Å². The number of urea groups is 1. The van der Waals surface area contributed by atoms with E-state index in [0.717, 1.165) is 16.9 Å². The summed E-state index contributed by atoms with van der Waals surface area (Å²) in [7, 11) is 0. The first kappa shape index (κ1) is 21.5. The van der Waals surface area contributed by atoms with Crippen LogP contribution < -0.4 is 4.90 Å². The number of benzene rings is 2. The van der Waals surface area contributed by atoms with Crippen molar-refractivity contribution in [3.8, 4) is 17.9 Å². The topological polar surface area (TPSA) is 65.2 Å². The lowest BCUT2D eigenvalue weighted by molar-refractivity contribution is 0.202. The highest BCUT2D eigenvalue weighted by molar-refractivity contribution is 6.30. The quantitative estimate of drug-likeness (QED) is 0.519. The van der Waals surface area contributed by atoms with Gasteiger partial charge < -0.3 is 9.47 Å².